The van der Waals surface area contributed by atoms with Crippen LogP contribution in [0.1, 0.15) is 48.2 Å². The maximum atomic E-state index is 12.5. The molecule has 0 amide bonds. The highest BCUT2D eigenvalue weighted by atomic mass is 35.5. The minimum absolute atomic E-state index is 0.0162. The lowest BCUT2D eigenvalue weighted by atomic mass is 10.0. The van der Waals surface area contributed by atoms with Crippen LogP contribution in [0.2, 0.25) is 5.02 Å². The van der Waals surface area contributed by atoms with E-state index in [0.29, 0.717) is 41.4 Å². The van der Waals surface area contributed by atoms with Gasteiger partial charge in [-0.05, 0) is 43.8 Å². The van der Waals surface area contributed by atoms with Gasteiger partial charge < -0.3 is 15.7 Å². The van der Waals surface area contributed by atoms with E-state index in [-0.39, 0.29) is 5.78 Å². The standard InChI is InChI=1S/C26H28ClN3O2/c1-3-30(4-2)17-22(31)11-14-25(32)19-8-5-18(6-9-19)7-12-24-23-13-10-21(27)15-20(23)16-29-26(24)28/h5-6,8-10,13,15-16,22,31H,3-4,11,14,17H2,1-2H3,(H2,28,29). The van der Waals surface area contributed by atoms with Crippen LogP contribution in [0.3, 0.4) is 0 Å². The number of hydrogen-bond acceptors (Lipinski definition) is 5. The maximum Gasteiger partial charge on any atom is 0.162 e. The number of ketones is 1. The molecule has 0 aliphatic heterocycles. The number of carbonyl (C=O) groups is 1. The molecule has 1 aromatic heterocycles. The number of rotatable bonds is 8. The Morgan fingerprint density at radius 2 is 1.88 bits per heavy atom. The number of halogens is 1. The van der Waals surface area contributed by atoms with Gasteiger partial charge in [-0.2, -0.15) is 0 Å². The Balaban J connectivity index is 1.67. The van der Waals surface area contributed by atoms with Crippen molar-refractivity contribution < 1.29 is 9.90 Å². The Hall–Kier alpha value is -2.91. The Morgan fingerprint density at radius 1 is 1.16 bits per heavy atom. The van der Waals surface area contributed by atoms with Crippen LogP contribution in [0.5, 0.6) is 0 Å². The minimum Gasteiger partial charge on any atom is -0.392 e. The van der Waals surface area contributed by atoms with Crippen molar-refractivity contribution in [2.24, 2.45) is 0 Å². The van der Waals surface area contributed by atoms with E-state index in [1.165, 1.54) is 0 Å². The second-order valence-corrected chi connectivity index (χ2v) is 8.12. The zero-order chi connectivity index (χ0) is 23.1. The molecule has 2 aromatic carbocycles. The van der Waals surface area contributed by atoms with E-state index in [1.54, 1.807) is 24.4 Å². The number of nitrogens with zero attached hydrogens (tertiary/aromatic N) is 2. The molecule has 5 nitrogen and oxygen atoms in total. The number of aliphatic hydroxyl groups excluding tert-OH is 1. The minimum atomic E-state index is -0.501. The summed E-state index contributed by atoms with van der Waals surface area (Å²) in [6.07, 6.45) is 1.95. The number of aromatic nitrogens is 1. The predicted molar refractivity (Wildman–Crippen MR) is 131 cm³/mol. The van der Waals surface area contributed by atoms with Crippen molar-refractivity contribution in [3.8, 4) is 11.8 Å². The molecule has 0 radical (unpaired) electrons. The molecule has 1 unspecified atom stereocenters. The predicted octanol–water partition coefficient (Wildman–Crippen LogP) is 4.54. The van der Waals surface area contributed by atoms with Gasteiger partial charge in [-0.15, -0.1) is 0 Å². The largest absolute Gasteiger partial charge is 0.392 e. The first-order valence-electron chi connectivity index (χ1n) is 10.8. The van der Waals surface area contributed by atoms with Crippen LogP contribution in [0.25, 0.3) is 10.8 Å². The zero-order valence-electron chi connectivity index (χ0n) is 18.4. The highest BCUT2D eigenvalue weighted by Crippen LogP contribution is 2.24. The molecule has 6 heteroatoms. The van der Waals surface area contributed by atoms with Crippen LogP contribution in [0, 0.1) is 11.8 Å². The topological polar surface area (TPSA) is 79.5 Å². The van der Waals surface area contributed by atoms with Crippen LogP contribution < -0.4 is 5.73 Å². The Kier molecular flexibility index (Phi) is 8.24. The fourth-order valence-corrected chi connectivity index (χ4v) is 3.71. The summed E-state index contributed by atoms with van der Waals surface area (Å²) in [6, 6.07) is 12.7. The van der Waals surface area contributed by atoms with E-state index < -0.39 is 6.10 Å². The molecule has 0 bridgehead atoms. The van der Waals surface area contributed by atoms with Crippen LogP contribution >= 0.6 is 11.6 Å². The summed E-state index contributed by atoms with van der Waals surface area (Å²) < 4.78 is 0. The van der Waals surface area contributed by atoms with Gasteiger partial charge in [-0.25, -0.2) is 4.98 Å². The second kappa shape index (κ2) is 11.1. The summed E-state index contributed by atoms with van der Waals surface area (Å²) >= 11 is 6.06. The molecule has 32 heavy (non-hydrogen) atoms. The number of anilines is 1. The van der Waals surface area contributed by atoms with Crippen molar-refractivity contribution in [2.45, 2.75) is 32.8 Å². The van der Waals surface area contributed by atoms with Crippen molar-refractivity contribution >= 4 is 34.0 Å². The molecule has 0 saturated carbocycles. The third-order valence-corrected chi connectivity index (χ3v) is 5.72. The van der Waals surface area contributed by atoms with E-state index in [9.17, 15) is 9.90 Å². The number of nitrogens with two attached hydrogens (primary N) is 1. The molecule has 0 spiro atoms. The lowest BCUT2D eigenvalue weighted by Gasteiger charge is -2.21. The first-order valence-corrected chi connectivity index (χ1v) is 11.2. The van der Waals surface area contributed by atoms with Crippen molar-refractivity contribution in [3.63, 3.8) is 0 Å². The van der Waals surface area contributed by atoms with Gasteiger partial charge in [0.05, 0.1) is 11.7 Å². The summed E-state index contributed by atoms with van der Waals surface area (Å²) in [5, 5.41) is 12.6. The molecule has 0 aliphatic rings. The first kappa shape index (κ1) is 23.7. The normalized spacial score (nSPS) is 11.9. The fraction of sp³-hybridized carbons (Fsp3) is 0.308. The van der Waals surface area contributed by atoms with Crippen LogP contribution in [0.4, 0.5) is 5.82 Å². The van der Waals surface area contributed by atoms with Crippen LogP contribution in [0.15, 0.2) is 48.7 Å². The number of aliphatic hydroxyl groups is 1. The summed E-state index contributed by atoms with van der Waals surface area (Å²) in [7, 11) is 0. The average molecular weight is 450 g/mol. The first-order chi connectivity index (χ1) is 15.4. The van der Waals surface area contributed by atoms with Crippen molar-refractivity contribution in [1.82, 2.24) is 9.88 Å². The van der Waals surface area contributed by atoms with Crippen molar-refractivity contribution in [3.05, 3.63) is 70.4 Å². The van der Waals surface area contributed by atoms with E-state index >= 15 is 0 Å². The lowest BCUT2D eigenvalue weighted by Crippen LogP contribution is -2.32. The lowest BCUT2D eigenvalue weighted by molar-refractivity contribution is 0.0877. The summed E-state index contributed by atoms with van der Waals surface area (Å²) in [5.74, 6) is 6.59. The second-order valence-electron chi connectivity index (χ2n) is 7.68. The molecule has 3 N–H and O–H groups in total. The van der Waals surface area contributed by atoms with Gasteiger partial charge in [-0.3, -0.25) is 4.79 Å². The van der Waals surface area contributed by atoms with E-state index in [1.807, 2.05) is 24.3 Å². The fourth-order valence-electron chi connectivity index (χ4n) is 3.53. The molecular formula is C26H28ClN3O2. The Bertz CT molecular complexity index is 1150. The molecule has 166 valence electrons. The highest BCUT2D eigenvalue weighted by molar-refractivity contribution is 6.31. The molecule has 1 heterocycles. The van der Waals surface area contributed by atoms with Gasteiger partial charge in [0.1, 0.15) is 5.82 Å². The number of pyridine rings is 1. The van der Waals surface area contributed by atoms with E-state index in [4.69, 9.17) is 17.3 Å². The third-order valence-electron chi connectivity index (χ3n) is 5.49. The Morgan fingerprint density at radius 3 is 2.56 bits per heavy atom. The molecule has 1 atom stereocenters. The number of Topliss-reactive ketones (excluding diaryl/α,β-unsaturated/α-hetero) is 1. The van der Waals surface area contributed by atoms with Crippen molar-refractivity contribution in [1.29, 1.82) is 0 Å². The maximum absolute atomic E-state index is 12.5. The number of hydrogen-bond donors (Lipinski definition) is 2. The van der Waals surface area contributed by atoms with Crippen LogP contribution in [-0.2, 0) is 0 Å². The monoisotopic (exact) mass is 449 g/mol. The number of likely N-dealkylation sites (N-methyl/N-ethyl adjacent to an activating group) is 1. The van der Waals surface area contributed by atoms with Gasteiger partial charge in [0, 0.05) is 46.1 Å². The molecule has 0 aliphatic carbocycles. The summed E-state index contributed by atoms with van der Waals surface area (Å²) in [6.45, 7) is 6.49. The molecule has 3 aromatic rings. The van der Waals surface area contributed by atoms with Gasteiger partial charge in [-0.1, -0.05) is 55.5 Å². The van der Waals surface area contributed by atoms with Gasteiger partial charge in [0.15, 0.2) is 5.78 Å². The van der Waals surface area contributed by atoms with Crippen molar-refractivity contribution in [2.75, 3.05) is 25.4 Å². The smallest absolute Gasteiger partial charge is 0.162 e. The molecule has 0 saturated heterocycles. The Labute approximate surface area is 194 Å². The molecule has 3 rings (SSSR count). The number of carbonyl (C=O) groups excluding carboxylic acids is 1. The number of nitrogen functional groups attached to an aromatic ring is 1. The summed E-state index contributed by atoms with van der Waals surface area (Å²) in [5.41, 5.74) is 8.09. The quantitative estimate of drug-likeness (QED) is 0.390. The van der Waals surface area contributed by atoms with Gasteiger partial charge >= 0.3 is 0 Å². The van der Waals surface area contributed by atoms with Gasteiger partial charge in [0.2, 0.25) is 0 Å². The third kappa shape index (κ3) is 6.08. The number of benzene rings is 2. The summed E-state index contributed by atoms with van der Waals surface area (Å²) in [4.78, 5) is 18.8. The van der Waals surface area contributed by atoms with E-state index in [0.717, 1.165) is 29.4 Å². The SMILES string of the molecule is CCN(CC)CC(O)CCC(=O)c1ccc(C#Cc2c(N)ncc3cc(Cl)ccc23)cc1. The number of fused-ring (bicyclic) bond motifs is 1. The average Bonchev–Trinajstić information content (AvgIpc) is 2.80. The highest BCUT2D eigenvalue weighted by Gasteiger charge is 2.13. The molecule has 0 fully saturated rings. The zero-order valence-corrected chi connectivity index (χ0v) is 19.2. The van der Waals surface area contributed by atoms with E-state index in [2.05, 4.69) is 35.6 Å². The van der Waals surface area contributed by atoms with Crippen LogP contribution in [-0.4, -0.2) is 46.5 Å². The van der Waals surface area contributed by atoms with Gasteiger partial charge in [0.25, 0.3) is 0 Å². The molecular weight excluding hydrogens is 422 g/mol.